The summed E-state index contributed by atoms with van der Waals surface area (Å²) in [6.07, 6.45) is 1.04. The third-order valence-corrected chi connectivity index (χ3v) is 1.27. The summed E-state index contributed by atoms with van der Waals surface area (Å²) in [6, 6.07) is 0.566. The number of aromatic nitrogens is 1. The van der Waals surface area contributed by atoms with E-state index in [9.17, 15) is 19.2 Å². The van der Waals surface area contributed by atoms with Crippen LogP contribution in [0.1, 0.15) is 6.42 Å². The molecule has 2 heterocycles. The molecule has 0 saturated carbocycles. The van der Waals surface area contributed by atoms with E-state index in [1.165, 1.54) is 12.3 Å². The lowest BCUT2D eigenvalue weighted by molar-refractivity contribution is -0.129. The Labute approximate surface area is 82.6 Å². The molecule has 8 nitrogen and oxygen atoms in total. The zero-order chi connectivity index (χ0) is 11.3. The fraction of sp³-hybridized carbons (Fsp3) is 0.143. The molecule has 1 aliphatic heterocycles. The molecule has 1 saturated heterocycles. The maximum Gasteiger partial charge on any atom is 0.328 e. The summed E-state index contributed by atoms with van der Waals surface area (Å²) < 4.78 is 4.28. The van der Waals surface area contributed by atoms with Crippen molar-refractivity contribution < 1.29 is 18.9 Å². The van der Waals surface area contributed by atoms with E-state index in [-0.39, 0.29) is 12.0 Å². The molecule has 0 spiro atoms. The molecule has 3 N–H and O–H groups in total. The second kappa shape index (κ2) is 4.74. The lowest BCUT2D eigenvalue weighted by Crippen LogP contribution is -2.49. The number of carbonyl (C=O) groups excluding carboxylic acids is 3. The van der Waals surface area contributed by atoms with Crippen molar-refractivity contribution in [3.63, 3.8) is 0 Å². The molecule has 15 heavy (non-hydrogen) atoms. The van der Waals surface area contributed by atoms with Gasteiger partial charge in [0.25, 0.3) is 5.56 Å². The second-order valence-corrected chi connectivity index (χ2v) is 2.49. The normalized spacial score (nSPS) is 14.8. The number of H-pyrrole nitrogens is 1. The van der Waals surface area contributed by atoms with E-state index in [1.807, 2.05) is 10.6 Å². The van der Waals surface area contributed by atoms with Gasteiger partial charge in [-0.3, -0.25) is 25.0 Å². The van der Waals surface area contributed by atoms with Crippen LogP contribution < -0.4 is 16.2 Å². The Morgan fingerprint density at radius 2 is 1.67 bits per heavy atom. The zero-order valence-corrected chi connectivity index (χ0v) is 7.40. The molecule has 4 amide bonds. The number of aromatic amines is 1. The lowest BCUT2D eigenvalue weighted by Gasteiger charge is -2.09. The highest BCUT2D eigenvalue weighted by molar-refractivity contribution is 6.14. The molecule has 0 aromatic carbocycles. The first-order valence-corrected chi connectivity index (χ1v) is 3.84. The minimum absolute atomic E-state index is 0.199. The molecular formula is C7H7N3O5. The molecule has 80 valence electrons. The van der Waals surface area contributed by atoms with Crippen molar-refractivity contribution in [3.05, 3.63) is 22.7 Å². The highest BCUT2D eigenvalue weighted by atomic mass is 16.5. The fourth-order valence-corrected chi connectivity index (χ4v) is 0.741. The van der Waals surface area contributed by atoms with Crippen molar-refractivity contribution in [1.29, 1.82) is 0 Å². The van der Waals surface area contributed by atoms with Crippen LogP contribution in [0.2, 0.25) is 0 Å². The van der Waals surface area contributed by atoms with E-state index in [4.69, 9.17) is 0 Å². The molecule has 8 heteroatoms. The first-order valence-electron chi connectivity index (χ1n) is 3.84. The predicted molar refractivity (Wildman–Crippen MR) is 45.6 cm³/mol. The molecule has 1 aromatic heterocycles. The molecule has 1 fully saturated rings. The summed E-state index contributed by atoms with van der Waals surface area (Å²) in [5.41, 5.74) is -0.199. The Morgan fingerprint density at radius 1 is 1.07 bits per heavy atom. The summed E-state index contributed by atoms with van der Waals surface area (Å²) >= 11 is 0. The number of imide groups is 2. The summed E-state index contributed by atoms with van der Waals surface area (Å²) in [5.74, 6) is -1.10. The van der Waals surface area contributed by atoms with Gasteiger partial charge in [0.05, 0.1) is 0 Å². The third kappa shape index (κ3) is 3.89. The highest BCUT2D eigenvalue weighted by Gasteiger charge is 2.20. The molecule has 0 radical (unpaired) electrons. The number of hydrogen-bond donors (Lipinski definition) is 3. The topological polar surface area (TPSA) is 121 Å². The van der Waals surface area contributed by atoms with Gasteiger partial charge in [-0.05, 0) is 0 Å². The number of amides is 4. The van der Waals surface area contributed by atoms with Crippen LogP contribution in [0.3, 0.4) is 0 Å². The quantitative estimate of drug-likeness (QED) is 0.463. The Kier molecular flexibility index (Phi) is 3.38. The molecule has 0 unspecified atom stereocenters. The minimum Gasteiger partial charge on any atom is -0.387 e. The van der Waals surface area contributed by atoms with E-state index >= 15 is 0 Å². The van der Waals surface area contributed by atoms with Gasteiger partial charge in [0.1, 0.15) is 12.7 Å². The van der Waals surface area contributed by atoms with Crippen LogP contribution in [0.4, 0.5) is 4.79 Å². The number of urea groups is 1. The van der Waals surface area contributed by atoms with Crippen LogP contribution >= 0.6 is 0 Å². The van der Waals surface area contributed by atoms with Crippen LogP contribution in [0, 0.1) is 0 Å². The lowest BCUT2D eigenvalue weighted by atomic mass is 10.3. The molecule has 0 atom stereocenters. The van der Waals surface area contributed by atoms with E-state index in [0.717, 1.165) is 0 Å². The monoisotopic (exact) mass is 213 g/mol. The molecular weight excluding hydrogens is 206 g/mol. The van der Waals surface area contributed by atoms with Crippen molar-refractivity contribution in [3.8, 4) is 0 Å². The summed E-state index contributed by atoms with van der Waals surface area (Å²) in [7, 11) is 0. The van der Waals surface area contributed by atoms with Crippen LogP contribution in [0.25, 0.3) is 0 Å². The minimum atomic E-state index is -0.740. The smallest absolute Gasteiger partial charge is 0.328 e. The van der Waals surface area contributed by atoms with E-state index in [1.54, 1.807) is 0 Å². The maximum atomic E-state index is 10.3. The first-order chi connectivity index (χ1) is 7.08. The molecule has 0 bridgehead atoms. The summed E-state index contributed by atoms with van der Waals surface area (Å²) in [6.45, 7) is 0. The molecule has 2 rings (SSSR count). The average molecular weight is 213 g/mol. The van der Waals surface area contributed by atoms with Gasteiger partial charge in [-0.25, -0.2) is 4.79 Å². The highest BCUT2D eigenvalue weighted by Crippen LogP contribution is 1.85. The van der Waals surface area contributed by atoms with E-state index in [0.29, 0.717) is 0 Å². The maximum absolute atomic E-state index is 10.3. The molecule has 1 aromatic rings. The summed E-state index contributed by atoms with van der Waals surface area (Å²) in [4.78, 5) is 40.7. The Morgan fingerprint density at radius 3 is 1.93 bits per heavy atom. The predicted octanol–water partition coefficient (Wildman–Crippen LogP) is -1.29. The zero-order valence-electron chi connectivity index (χ0n) is 7.40. The number of carbonyl (C=O) groups is 3. The van der Waals surface area contributed by atoms with Gasteiger partial charge >= 0.3 is 6.03 Å². The van der Waals surface area contributed by atoms with Gasteiger partial charge in [0.15, 0.2) is 0 Å². The van der Waals surface area contributed by atoms with Crippen molar-refractivity contribution in [2.24, 2.45) is 0 Å². The largest absolute Gasteiger partial charge is 0.387 e. The standard InChI is InChI=1S/C4H4N2O3.C3H3NO2/c7-2-1-3(8)6-4(9)5-2;5-3-1-2-6-4-3/h1H2,(H2,5,6,7,8,9);1-2H,(H,4,5). The van der Waals surface area contributed by atoms with Crippen molar-refractivity contribution in [2.75, 3.05) is 0 Å². The second-order valence-electron chi connectivity index (χ2n) is 2.49. The van der Waals surface area contributed by atoms with Gasteiger partial charge in [-0.15, -0.1) is 0 Å². The van der Waals surface area contributed by atoms with Crippen molar-refractivity contribution >= 4 is 17.8 Å². The van der Waals surface area contributed by atoms with Gasteiger partial charge in [0.2, 0.25) is 11.8 Å². The Hall–Kier alpha value is -2.38. The van der Waals surface area contributed by atoms with Crippen LogP contribution in [0.15, 0.2) is 21.6 Å². The SMILES string of the molecule is O=C1CC(=O)NC(=O)N1.O=c1cco[nH]1. The van der Waals surface area contributed by atoms with Gasteiger partial charge in [-0.1, -0.05) is 0 Å². The van der Waals surface area contributed by atoms with Crippen molar-refractivity contribution in [1.82, 2.24) is 15.8 Å². The average Bonchev–Trinajstić information content (AvgIpc) is 2.54. The van der Waals surface area contributed by atoms with Crippen LogP contribution in [0.5, 0.6) is 0 Å². The third-order valence-electron chi connectivity index (χ3n) is 1.27. The first kappa shape index (κ1) is 10.7. The Bertz CT molecular complexity index is 370. The van der Waals surface area contributed by atoms with Gasteiger partial charge < -0.3 is 4.52 Å². The fourth-order valence-electron chi connectivity index (χ4n) is 0.741. The Balaban J connectivity index is 0.000000162. The van der Waals surface area contributed by atoms with E-state index in [2.05, 4.69) is 9.68 Å². The van der Waals surface area contributed by atoms with Crippen molar-refractivity contribution in [2.45, 2.75) is 6.42 Å². The van der Waals surface area contributed by atoms with Crippen LogP contribution in [-0.4, -0.2) is 23.0 Å². The molecule has 1 aliphatic rings. The van der Waals surface area contributed by atoms with Gasteiger partial charge in [-0.2, -0.15) is 5.16 Å². The summed E-state index contributed by atoms with van der Waals surface area (Å²) in [5, 5.41) is 5.87. The van der Waals surface area contributed by atoms with Gasteiger partial charge in [0, 0.05) is 6.07 Å². The molecule has 0 aliphatic carbocycles. The number of rotatable bonds is 0. The van der Waals surface area contributed by atoms with E-state index < -0.39 is 17.8 Å². The number of nitrogens with one attached hydrogen (secondary N) is 3. The van der Waals surface area contributed by atoms with Crippen LogP contribution in [-0.2, 0) is 9.59 Å². The number of barbiturate groups is 1. The number of hydrogen-bond acceptors (Lipinski definition) is 5.